The Morgan fingerprint density at radius 2 is 2.12 bits per heavy atom. The number of hydrogen-bond donors (Lipinski definition) is 3. The van der Waals surface area contributed by atoms with E-state index in [1.165, 1.54) is 16.7 Å². The zero-order chi connectivity index (χ0) is 17.5. The minimum absolute atomic E-state index is 0.0704. The van der Waals surface area contributed by atoms with Gasteiger partial charge >= 0.3 is 6.03 Å². The molecule has 1 aromatic heterocycles. The van der Waals surface area contributed by atoms with E-state index in [1.54, 1.807) is 38.5 Å². The van der Waals surface area contributed by atoms with E-state index in [9.17, 15) is 9.59 Å². The number of carbonyl (C=O) groups is 2. The summed E-state index contributed by atoms with van der Waals surface area (Å²) in [6.07, 6.45) is 1.63. The van der Waals surface area contributed by atoms with Crippen molar-refractivity contribution in [1.82, 2.24) is 25.6 Å². The highest BCUT2D eigenvalue weighted by molar-refractivity contribution is 7.99. The van der Waals surface area contributed by atoms with Gasteiger partial charge in [0.2, 0.25) is 0 Å². The smallest absolute Gasteiger partial charge is 0.319 e. The van der Waals surface area contributed by atoms with Crippen molar-refractivity contribution in [1.29, 1.82) is 0 Å². The Kier molecular flexibility index (Phi) is 6.19. The van der Waals surface area contributed by atoms with Gasteiger partial charge in [-0.1, -0.05) is 0 Å². The van der Waals surface area contributed by atoms with Crippen molar-refractivity contribution in [3.8, 4) is 0 Å². The fraction of sp³-hybridized carbons (Fsp3) is 0.333. The van der Waals surface area contributed by atoms with Crippen molar-refractivity contribution in [2.75, 3.05) is 31.7 Å². The molecule has 0 unspecified atom stereocenters. The van der Waals surface area contributed by atoms with Crippen LogP contribution >= 0.6 is 11.8 Å². The minimum atomic E-state index is -0.287. The van der Waals surface area contributed by atoms with Crippen LogP contribution < -0.4 is 10.6 Å². The molecule has 0 saturated carbocycles. The van der Waals surface area contributed by atoms with Crippen LogP contribution in [-0.4, -0.2) is 58.6 Å². The minimum Gasteiger partial charge on any atom is -0.345 e. The van der Waals surface area contributed by atoms with Gasteiger partial charge in [0.25, 0.3) is 5.91 Å². The summed E-state index contributed by atoms with van der Waals surface area (Å²) in [4.78, 5) is 25.3. The fourth-order valence-corrected chi connectivity index (χ4v) is 2.59. The maximum atomic E-state index is 11.9. The first-order chi connectivity index (χ1) is 11.5. The number of nitrogens with one attached hydrogen (secondary N) is 3. The van der Waals surface area contributed by atoms with Gasteiger partial charge in [-0.25, -0.2) is 4.79 Å². The molecule has 9 heteroatoms. The van der Waals surface area contributed by atoms with Crippen LogP contribution in [0.3, 0.4) is 0 Å². The first kappa shape index (κ1) is 17.8. The Hall–Kier alpha value is -2.55. The van der Waals surface area contributed by atoms with Crippen LogP contribution in [0.5, 0.6) is 0 Å². The van der Waals surface area contributed by atoms with E-state index in [1.807, 2.05) is 6.92 Å². The lowest BCUT2D eigenvalue weighted by Gasteiger charge is -2.13. The van der Waals surface area contributed by atoms with E-state index in [2.05, 4.69) is 26.0 Å². The van der Waals surface area contributed by atoms with E-state index in [-0.39, 0.29) is 11.9 Å². The molecule has 0 fully saturated rings. The van der Waals surface area contributed by atoms with Crippen molar-refractivity contribution in [3.63, 3.8) is 0 Å². The SMILES string of the molecule is Cc1cc(C(=O)N(C)C)ccc1NC(=O)NCCSc1cn[nH]n1. The second-order valence-electron chi connectivity index (χ2n) is 5.27. The topological polar surface area (TPSA) is 103 Å². The molecule has 0 aliphatic heterocycles. The van der Waals surface area contributed by atoms with Gasteiger partial charge in [-0.15, -0.1) is 16.9 Å². The highest BCUT2D eigenvalue weighted by Crippen LogP contribution is 2.17. The maximum Gasteiger partial charge on any atom is 0.319 e. The Labute approximate surface area is 144 Å². The second kappa shape index (κ2) is 8.34. The van der Waals surface area contributed by atoms with Gasteiger partial charge in [0.1, 0.15) is 5.03 Å². The van der Waals surface area contributed by atoms with Crippen LogP contribution in [0.15, 0.2) is 29.4 Å². The van der Waals surface area contributed by atoms with E-state index >= 15 is 0 Å². The average Bonchev–Trinajstić information content (AvgIpc) is 3.06. The molecule has 0 radical (unpaired) electrons. The molecule has 1 heterocycles. The second-order valence-corrected chi connectivity index (χ2v) is 6.38. The number of rotatable bonds is 6. The molecular weight excluding hydrogens is 328 g/mol. The van der Waals surface area contributed by atoms with Crippen LogP contribution in [0.4, 0.5) is 10.5 Å². The van der Waals surface area contributed by atoms with Gasteiger partial charge in [-0.3, -0.25) is 4.79 Å². The number of benzene rings is 1. The van der Waals surface area contributed by atoms with E-state index in [4.69, 9.17) is 0 Å². The lowest BCUT2D eigenvalue weighted by atomic mass is 10.1. The molecule has 3 N–H and O–H groups in total. The predicted octanol–water partition coefficient (Wildman–Crippen LogP) is 1.73. The summed E-state index contributed by atoms with van der Waals surface area (Å²) < 4.78 is 0. The molecule has 24 heavy (non-hydrogen) atoms. The fourth-order valence-electron chi connectivity index (χ4n) is 1.94. The van der Waals surface area contributed by atoms with Gasteiger partial charge in [0.15, 0.2) is 0 Å². The van der Waals surface area contributed by atoms with Gasteiger partial charge in [-0.05, 0) is 30.7 Å². The number of anilines is 1. The largest absolute Gasteiger partial charge is 0.345 e. The molecule has 0 aliphatic rings. The molecule has 2 aromatic rings. The third kappa shape index (κ3) is 4.98. The van der Waals surface area contributed by atoms with E-state index < -0.39 is 0 Å². The summed E-state index contributed by atoms with van der Waals surface area (Å²) in [5.41, 5.74) is 2.09. The number of amides is 3. The highest BCUT2D eigenvalue weighted by atomic mass is 32.2. The first-order valence-corrected chi connectivity index (χ1v) is 8.31. The van der Waals surface area contributed by atoms with E-state index in [0.717, 1.165) is 10.6 Å². The molecule has 0 atom stereocenters. The van der Waals surface area contributed by atoms with Crippen LogP contribution in [0.2, 0.25) is 0 Å². The number of carbonyl (C=O) groups excluding carboxylic acids is 2. The third-order valence-corrected chi connectivity index (χ3v) is 4.06. The normalized spacial score (nSPS) is 10.3. The molecular formula is C15H20N6O2S. The summed E-state index contributed by atoms with van der Waals surface area (Å²) >= 11 is 1.50. The first-order valence-electron chi connectivity index (χ1n) is 7.33. The van der Waals surface area contributed by atoms with Crippen molar-refractivity contribution < 1.29 is 9.59 Å². The number of aromatic nitrogens is 3. The third-order valence-electron chi connectivity index (χ3n) is 3.16. The highest BCUT2D eigenvalue weighted by Gasteiger charge is 2.10. The van der Waals surface area contributed by atoms with Crippen LogP contribution in [-0.2, 0) is 0 Å². The summed E-state index contributed by atoms with van der Waals surface area (Å²) in [5, 5.41) is 16.5. The molecule has 0 spiro atoms. The lowest BCUT2D eigenvalue weighted by molar-refractivity contribution is 0.0827. The summed E-state index contributed by atoms with van der Waals surface area (Å²) in [6.45, 7) is 2.35. The number of thioether (sulfide) groups is 1. The maximum absolute atomic E-state index is 11.9. The summed E-state index contributed by atoms with van der Waals surface area (Å²) in [7, 11) is 3.41. The number of urea groups is 1. The number of nitrogens with zero attached hydrogens (tertiary/aromatic N) is 3. The number of aromatic amines is 1. The van der Waals surface area contributed by atoms with E-state index in [0.29, 0.717) is 23.5 Å². The quantitative estimate of drug-likeness (QED) is 0.545. The predicted molar refractivity (Wildman–Crippen MR) is 93.3 cm³/mol. The number of H-pyrrole nitrogens is 1. The van der Waals surface area contributed by atoms with Crippen LogP contribution in [0, 0.1) is 6.92 Å². The molecule has 3 amide bonds. The standard InChI is InChI=1S/C15H20N6O2S/c1-10-8-11(14(22)21(2)3)4-5-12(10)18-15(23)16-6-7-24-13-9-17-20-19-13/h4-5,8-9H,6-7H2,1-3H3,(H2,16,18,23)(H,17,19,20). The van der Waals surface area contributed by atoms with Crippen molar-refractivity contribution >= 4 is 29.4 Å². The molecule has 0 saturated heterocycles. The Balaban J connectivity index is 1.81. The van der Waals surface area contributed by atoms with Gasteiger partial charge in [-0.2, -0.15) is 10.3 Å². The zero-order valence-corrected chi connectivity index (χ0v) is 14.6. The van der Waals surface area contributed by atoms with Gasteiger partial charge < -0.3 is 15.5 Å². The van der Waals surface area contributed by atoms with Crippen molar-refractivity contribution in [2.24, 2.45) is 0 Å². The Morgan fingerprint density at radius 1 is 1.33 bits per heavy atom. The molecule has 1 aromatic carbocycles. The average molecular weight is 348 g/mol. The molecule has 128 valence electrons. The van der Waals surface area contributed by atoms with Crippen LogP contribution in [0.25, 0.3) is 0 Å². The molecule has 2 rings (SSSR count). The van der Waals surface area contributed by atoms with Crippen LogP contribution in [0.1, 0.15) is 15.9 Å². The van der Waals surface area contributed by atoms with Crippen molar-refractivity contribution in [3.05, 3.63) is 35.5 Å². The van der Waals surface area contributed by atoms with Crippen molar-refractivity contribution in [2.45, 2.75) is 11.9 Å². The van der Waals surface area contributed by atoms with Gasteiger partial charge in [0.05, 0.1) is 6.20 Å². The number of aryl methyl sites for hydroxylation is 1. The monoisotopic (exact) mass is 348 g/mol. The number of hydrogen-bond acceptors (Lipinski definition) is 5. The van der Waals surface area contributed by atoms with Gasteiger partial charge in [0, 0.05) is 37.6 Å². The summed E-state index contributed by atoms with van der Waals surface area (Å²) in [6, 6.07) is 4.91. The Morgan fingerprint density at radius 3 is 2.75 bits per heavy atom. The Bertz CT molecular complexity index is 702. The summed E-state index contributed by atoms with van der Waals surface area (Å²) in [5.74, 6) is 0.619. The molecule has 0 aliphatic carbocycles. The zero-order valence-electron chi connectivity index (χ0n) is 13.8. The molecule has 0 bridgehead atoms. The lowest BCUT2D eigenvalue weighted by Crippen LogP contribution is -2.30. The molecule has 8 nitrogen and oxygen atoms in total.